The highest BCUT2D eigenvalue weighted by molar-refractivity contribution is 6.46. The lowest BCUT2D eigenvalue weighted by Crippen LogP contribution is -2.31. The third-order valence-electron chi connectivity index (χ3n) is 4.82. The first-order valence-electron chi connectivity index (χ1n) is 9.13. The van der Waals surface area contributed by atoms with E-state index in [4.69, 9.17) is 4.74 Å². The first kappa shape index (κ1) is 21.1. The Labute approximate surface area is 171 Å². The Morgan fingerprint density at radius 1 is 1.23 bits per heavy atom. The van der Waals surface area contributed by atoms with Crippen LogP contribution in [0.25, 0.3) is 5.76 Å². The summed E-state index contributed by atoms with van der Waals surface area (Å²) in [5.74, 6) is -3.11. The summed E-state index contributed by atoms with van der Waals surface area (Å²) in [4.78, 5) is 37.1. The Hall–Kier alpha value is -3.59. The van der Waals surface area contributed by atoms with Crippen molar-refractivity contribution in [3.8, 4) is 0 Å². The molecule has 1 aliphatic rings. The van der Waals surface area contributed by atoms with Gasteiger partial charge in [0.25, 0.3) is 17.4 Å². The summed E-state index contributed by atoms with van der Waals surface area (Å²) in [6, 6.07) is 9.52. The van der Waals surface area contributed by atoms with Gasteiger partial charge in [-0.1, -0.05) is 30.3 Å². The van der Waals surface area contributed by atoms with Crippen LogP contribution in [0.15, 0.2) is 54.1 Å². The van der Waals surface area contributed by atoms with Crippen molar-refractivity contribution in [1.29, 1.82) is 0 Å². The van der Waals surface area contributed by atoms with Gasteiger partial charge in [0, 0.05) is 43.5 Å². The van der Waals surface area contributed by atoms with E-state index in [1.54, 1.807) is 6.07 Å². The minimum atomic E-state index is -1.16. The number of non-ortho nitro benzene ring substituents is 1. The smallest absolute Gasteiger partial charge is 0.295 e. The maximum Gasteiger partial charge on any atom is 0.295 e. The number of methoxy groups -OCH3 is 1. The molecule has 1 heterocycles. The lowest BCUT2D eigenvalue weighted by atomic mass is 9.94. The van der Waals surface area contributed by atoms with E-state index in [0.717, 1.165) is 6.07 Å². The number of likely N-dealkylation sites (tertiary alicyclic amines) is 1. The molecule has 1 atom stereocenters. The zero-order valence-electron chi connectivity index (χ0n) is 16.1. The number of Topliss-reactive ketones (excluding diaryl/α,β-unsaturated/α-hetero) is 1. The number of ether oxygens (including phenoxy) is 1. The third kappa shape index (κ3) is 3.92. The molecule has 3 rings (SSSR count). The Bertz CT molecular complexity index is 1040. The lowest BCUT2D eigenvalue weighted by molar-refractivity contribution is -0.384. The van der Waals surface area contributed by atoms with Gasteiger partial charge in [-0.25, -0.2) is 4.39 Å². The molecule has 2 aromatic carbocycles. The van der Waals surface area contributed by atoms with Crippen molar-refractivity contribution in [2.45, 2.75) is 12.5 Å². The van der Waals surface area contributed by atoms with Crippen LogP contribution in [0.2, 0.25) is 0 Å². The first-order valence-corrected chi connectivity index (χ1v) is 9.13. The van der Waals surface area contributed by atoms with E-state index in [1.807, 2.05) is 0 Å². The van der Waals surface area contributed by atoms with Crippen molar-refractivity contribution >= 4 is 23.1 Å². The molecule has 1 fully saturated rings. The van der Waals surface area contributed by atoms with Gasteiger partial charge in [0.15, 0.2) is 0 Å². The van der Waals surface area contributed by atoms with E-state index in [-0.39, 0.29) is 28.9 Å². The average molecular weight is 414 g/mol. The summed E-state index contributed by atoms with van der Waals surface area (Å²) >= 11 is 0. The molecule has 1 unspecified atom stereocenters. The second-order valence-electron chi connectivity index (χ2n) is 6.67. The van der Waals surface area contributed by atoms with E-state index >= 15 is 0 Å². The van der Waals surface area contributed by atoms with Gasteiger partial charge in [0.2, 0.25) is 0 Å². The van der Waals surface area contributed by atoms with Crippen LogP contribution in [0.4, 0.5) is 10.1 Å². The Morgan fingerprint density at radius 3 is 2.63 bits per heavy atom. The number of nitrogens with zero attached hydrogens (tertiary/aromatic N) is 2. The fourth-order valence-corrected chi connectivity index (χ4v) is 3.43. The molecule has 0 saturated carbocycles. The predicted molar refractivity (Wildman–Crippen MR) is 105 cm³/mol. The maximum atomic E-state index is 14.6. The standard InChI is InChI=1S/C21H19FN2O6/c1-30-11-5-10-23-18(15-8-2-3-9-16(15)22)17(20(26)21(23)27)19(25)13-6-4-7-14(12-13)24(28)29/h2-4,6-9,12,18,25H,5,10-11H2,1H3/b19-17+. The first-order chi connectivity index (χ1) is 14.4. The summed E-state index contributed by atoms with van der Waals surface area (Å²) in [6.07, 6.45) is 0.394. The van der Waals surface area contributed by atoms with E-state index in [9.17, 15) is 29.2 Å². The molecule has 1 aliphatic heterocycles. The van der Waals surface area contributed by atoms with Gasteiger partial charge < -0.3 is 14.7 Å². The van der Waals surface area contributed by atoms with E-state index < -0.39 is 34.2 Å². The molecule has 0 aromatic heterocycles. The molecule has 0 radical (unpaired) electrons. The second kappa shape index (κ2) is 8.83. The molecule has 0 bridgehead atoms. The minimum Gasteiger partial charge on any atom is -0.507 e. The number of halogens is 1. The van der Waals surface area contributed by atoms with Crippen molar-refractivity contribution in [2.24, 2.45) is 0 Å². The predicted octanol–water partition coefficient (Wildman–Crippen LogP) is 3.19. The van der Waals surface area contributed by atoms with Crippen LogP contribution in [-0.4, -0.2) is 46.9 Å². The topological polar surface area (TPSA) is 110 Å². The van der Waals surface area contributed by atoms with Crippen LogP contribution in [0.1, 0.15) is 23.6 Å². The molecule has 9 heteroatoms. The Kier molecular flexibility index (Phi) is 6.22. The molecular formula is C21H19FN2O6. The van der Waals surface area contributed by atoms with Gasteiger partial charge in [-0.05, 0) is 12.5 Å². The van der Waals surface area contributed by atoms with Crippen molar-refractivity contribution in [3.05, 3.63) is 81.2 Å². The van der Waals surface area contributed by atoms with Crippen molar-refractivity contribution in [3.63, 3.8) is 0 Å². The number of benzene rings is 2. The average Bonchev–Trinajstić information content (AvgIpc) is 2.98. The summed E-state index contributed by atoms with van der Waals surface area (Å²) < 4.78 is 19.6. The van der Waals surface area contributed by atoms with Crippen molar-refractivity contribution in [1.82, 2.24) is 4.90 Å². The Balaban J connectivity index is 2.17. The molecule has 2 aromatic rings. The normalized spacial score (nSPS) is 18.1. The molecule has 156 valence electrons. The quantitative estimate of drug-likeness (QED) is 0.186. The zero-order valence-corrected chi connectivity index (χ0v) is 16.1. The molecule has 8 nitrogen and oxygen atoms in total. The number of hydrogen-bond donors (Lipinski definition) is 1. The lowest BCUT2D eigenvalue weighted by Gasteiger charge is -2.25. The third-order valence-corrected chi connectivity index (χ3v) is 4.82. The van der Waals surface area contributed by atoms with Gasteiger partial charge >= 0.3 is 0 Å². The van der Waals surface area contributed by atoms with Gasteiger partial charge in [0.05, 0.1) is 16.5 Å². The van der Waals surface area contributed by atoms with Crippen LogP contribution in [0.5, 0.6) is 0 Å². The van der Waals surface area contributed by atoms with Crippen molar-refractivity contribution in [2.75, 3.05) is 20.3 Å². The molecule has 1 saturated heterocycles. The van der Waals surface area contributed by atoms with Gasteiger partial charge in [0.1, 0.15) is 11.6 Å². The van der Waals surface area contributed by atoms with E-state index in [2.05, 4.69) is 0 Å². The fourth-order valence-electron chi connectivity index (χ4n) is 3.43. The molecule has 0 aliphatic carbocycles. The highest BCUT2D eigenvalue weighted by Gasteiger charge is 2.46. The number of nitro groups is 1. The van der Waals surface area contributed by atoms with Crippen molar-refractivity contribution < 1.29 is 28.7 Å². The Morgan fingerprint density at radius 2 is 1.97 bits per heavy atom. The number of rotatable bonds is 7. The number of hydrogen-bond acceptors (Lipinski definition) is 6. The van der Waals surface area contributed by atoms with Gasteiger partial charge in [-0.2, -0.15) is 0 Å². The van der Waals surface area contributed by atoms with Gasteiger partial charge in [-0.15, -0.1) is 0 Å². The zero-order chi connectivity index (χ0) is 21.8. The van der Waals surface area contributed by atoms with Gasteiger partial charge in [-0.3, -0.25) is 19.7 Å². The molecular weight excluding hydrogens is 395 g/mol. The maximum absolute atomic E-state index is 14.6. The monoisotopic (exact) mass is 414 g/mol. The number of aliphatic hydroxyl groups excluding tert-OH is 1. The van der Waals surface area contributed by atoms with Crippen LogP contribution in [-0.2, 0) is 14.3 Å². The molecule has 1 amide bonds. The van der Waals surface area contributed by atoms with Crippen LogP contribution in [0, 0.1) is 15.9 Å². The SMILES string of the molecule is COCCCN1C(=O)C(=O)/C(=C(/O)c2cccc([N+](=O)[O-])c2)C1c1ccccc1F. The summed E-state index contributed by atoms with van der Waals surface area (Å²) in [7, 11) is 1.49. The van der Waals surface area contributed by atoms with Crippen LogP contribution in [0.3, 0.4) is 0 Å². The number of ketones is 1. The largest absolute Gasteiger partial charge is 0.507 e. The molecule has 1 N–H and O–H groups in total. The van der Waals surface area contributed by atoms with E-state index in [1.165, 1.54) is 48.4 Å². The fraction of sp³-hybridized carbons (Fsp3) is 0.238. The number of carbonyl (C=O) groups excluding carboxylic acids is 2. The minimum absolute atomic E-state index is 0.0135. The number of carbonyl (C=O) groups is 2. The van der Waals surface area contributed by atoms with Crippen LogP contribution < -0.4 is 0 Å². The number of amides is 1. The van der Waals surface area contributed by atoms with Crippen LogP contribution >= 0.6 is 0 Å². The van der Waals surface area contributed by atoms with E-state index in [0.29, 0.717) is 13.0 Å². The highest BCUT2D eigenvalue weighted by atomic mass is 19.1. The number of aliphatic hydroxyl groups is 1. The second-order valence-corrected chi connectivity index (χ2v) is 6.67. The summed E-state index contributed by atoms with van der Waals surface area (Å²) in [6.45, 7) is 0.418. The summed E-state index contributed by atoms with van der Waals surface area (Å²) in [5, 5.41) is 21.9. The molecule has 0 spiro atoms. The number of nitro benzene ring substituents is 1. The highest BCUT2D eigenvalue weighted by Crippen LogP contribution is 2.40. The summed E-state index contributed by atoms with van der Waals surface area (Å²) in [5.41, 5.74) is -0.583. The molecule has 30 heavy (non-hydrogen) atoms.